The standard InChI is InChI=1S/C25H20Cl3N3O4/c1-2-35-23(33)21-22(29)31(18-11-13(27)6-8-15(18)28)17-4-3-5-19(32)20(17)25(21)14-10-12(26)7-9-16(14)30-24(25)34/h6-11H,2-5,29H2,1H3,(H,30,34). The molecule has 3 aliphatic rings. The van der Waals surface area contributed by atoms with Gasteiger partial charge in [-0.2, -0.15) is 0 Å². The molecular formula is C25H20Cl3N3O4. The first-order valence-corrected chi connectivity index (χ1v) is 12.2. The van der Waals surface area contributed by atoms with Crippen molar-refractivity contribution in [2.45, 2.75) is 31.6 Å². The molecule has 0 saturated carbocycles. The van der Waals surface area contributed by atoms with Crippen LogP contribution in [0, 0.1) is 0 Å². The number of hydrogen-bond acceptors (Lipinski definition) is 6. The molecule has 5 rings (SSSR count). The number of carbonyl (C=O) groups is 3. The first-order chi connectivity index (χ1) is 16.7. The highest BCUT2D eigenvalue weighted by molar-refractivity contribution is 6.35. The van der Waals surface area contributed by atoms with Crippen LogP contribution in [-0.2, 0) is 24.5 Å². The Bertz CT molecular complexity index is 1380. The molecule has 1 spiro atoms. The van der Waals surface area contributed by atoms with Gasteiger partial charge >= 0.3 is 5.97 Å². The molecule has 0 fully saturated rings. The van der Waals surface area contributed by atoms with Gasteiger partial charge in [0.2, 0.25) is 5.91 Å². The van der Waals surface area contributed by atoms with Gasteiger partial charge in [-0.3, -0.25) is 14.5 Å². The number of anilines is 2. The quantitative estimate of drug-likeness (QED) is 0.534. The minimum absolute atomic E-state index is 0.0352. The van der Waals surface area contributed by atoms with Crippen LogP contribution in [0.3, 0.4) is 0 Å². The summed E-state index contributed by atoms with van der Waals surface area (Å²) in [6.07, 6.45) is 1.16. The Kier molecular flexibility index (Phi) is 5.82. The van der Waals surface area contributed by atoms with Crippen LogP contribution >= 0.6 is 34.8 Å². The third-order valence-electron chi connectivity index (χ3n) is 6.50. The zero-order valence-corrected chi connectivity index (χ0v) is 20.9. The lowest BCUT2D eigenvalue weighted by atomic mass is 9.63. The number of rotatable bonds is 3. The minimum Gasteiger partial charge on any atom is -0.462 e. The van der Waals surface area contributed by atoms with E-state index in [1.165, 1.54) is 0 Å². The second-order valence-corrected chi connectivity index (χ2v) is 9.68. The average Bonchev–Trinajstić information content (AvgIpc) is 3.08. The smallest absolute Gasteiger partial charge is 0.339 e. The third-order valence-corrected chi connectivity index (χ3v) is 7.29. The van der Waals surface area contributed by atoms with Crippen LogP contribution < -0.4 is 16.0 Å². The van der Waals surface area contributed by atoms with Crippen molar-refractivity contribution in [1.82, 2.24) is 0 Å². The van der Waals surface area contributed by atoms with Crippen LogP contribution in [0.25, 0.3) is 0 Å². The normalized spacial score (nSPS) is 21.3. The zero-order chi connectivity index (χ0) is 25.1. The Hall–Kier alpha value is -3.00. The van der Waals surface area contributed by atoms with Gasteiger partial charge in [-0.1, -0.05) is 34.8 Å². The fourth-order valence-electron chi connectivity index (χ4n) is 5.21. The second kappa shape index (κ2) is 8.59. The Morgan fingerprint density at radius 2 is 1.83 bits per heavy atom. The highest BCUT2D eigenvalue weighted by atomic mass is 35.5. The van der Waals surface area contributed by atoms with Crippen molar-refractivity contribution >= 4 is 63.8 Å². The molecule has 0 saturated heterocycles. The van der Waals surface area contributed by atoms with E-state index in [1.54, 1.807) is 48.2 Å². The van der Waals surface area contributed by atoms with E-state index in [4.69, 9.17) is 45.3 Å². The van der Waals surface area contributed by atoms with Gasteiger partial charge in [0, 0.05) is 39.0 Å². The molecule has 7 nitrogen and oxygen atoms in total. The molecule has 0 bridgehead atoms. The van der Waals surface area contributed by atoms with E-state index in [2.05, 4.69) is 5.32 Å². The summed E-state index contributed by atoms with van der Waals surface area (Å²) in [5, 5.41) is 3.84. The molecular weight excluding hydrogens is 513 g/mol. The number of fused-ring (bicyclic) bond motifs is 3. The van der Waals surface area contributed by atoms with E-state index in [-0.39, 0.29) is 35.8 Å². The summed E-state index contributed by atoms with van der Waals surface area (Å²) in [4.78, 5) is 42.5. The number of nitrogens with two attached hydrogens (primary N) is 1. The lowest BCUT2D eigenvalue weighted by Crippen LogP contribution is -2.53. The summed E-state index contributed by atoms with van der Waals surface area (Å²) >= 11 is 19.1. The molecule has 0 radical (unpaired) electrons. The number of allylic oxidation sites excluding steroid dienone is 1. The number of esters is 1. The maximum atomic E-state index is 13.8. The number of nitrogens with one attached hydrogen (secondary N) is 1. The number of ether oxygens (including phenoxy) is 1. The van der Waals surface area contributed by atoms with Crippen molar-refractivity contribution in [3.63, 3.8) is 0 Å². The summed E-state index contributed by atoms with van der Waals surface area (Å²) in [7, 11) is 0. The van der Waals surface area contributed by atoms with Gasteiger partial charge in [-0.05, 0) is 56.2 Å². The molecule has 10 heteroatoms. The minimum atomic E-state index is -1.81. The Balaban J connectivity index is 1.93. The number of amides is 1. The summed E-state index contributed by atoms with van der Waals surface area (Å²) in [6.45, 7) is 1.68. The van der Waals surface area contributed by atoms with Crippen molar-refractivity contribution in [2.75, 3.05) is 16.8 Å². The average molecular weight is 533 g/mol. The molecule has 1 amide bonds. The molecule has 1 atom stereocenters. The molecule has 1 unspecified atom stereocenters. The van der Waals surface area contributed by atoms with Crippen molar-refractivity contribution < 1.29 is 19.1 Å². The number of benzene rings is 2. The Morgan fingerprint density at radius 1 is 1.11 bits per heavy atom. The molecule has 2 aromatic rings. The summed E-state index contributed by atoms with van der Waals surface area (Å²) in [5.41, 5.74) is 6.59. The van der Waals surface area contributed by atoms with Gasteiger partial charge < -0.3 is 15.8 Å². The topological polar surface area (TPSA) is 102 Å². The molecule has 2 heterocycles. The molecule has 35 heavy (non-hydrogen) atoms. The van der Waals surface area contributed by atoms with Crippen LogP contribution in [-0.4, -0.2) is 24.3 Å². The van der Waals surface area contributed by atoms with E-state index < -0.39 is 17.3 Å². The Labute approximate surface area is 216 Å². The van der Waals surface area contributed by atoms with E-state index in [1.807, 2.05) is 0 Å². The lowest BCUT2D eigenvalue weighted by molar-refractivity contribution is -0.140. The van der Waals surface area contributed by atoms with E-state index in [0.29, 0.717) is 50.5 Å². The molecule has 3 N–H and O–H groups in total. The van der Waals surface area contributed by atoms with Gasteiger partial charge in [-0.15, -0.1) is 0 Å². The van der Waals surface area contributed by atoms with Crippen molar-refractivity contribution in [3.8, 4) is 0 Å². The van der Waals surface area contributed by atoms with Crippen molar-refractivity contribution in [2.24, 2.45) is 5.73 Å². The van der Waals surface area contributed by atoms with E-state index >= 15 is 0 Å². The predicted octanol–water partition coefficient (Wildman–Crippen LogP) is 5.10. The first kappa shape index (κ1) is 23.7. The zero-order valence-electron chi connectivity index (χ0n) is 18.6. The second-order valence-electron chi connectivity index (χ2n) is 8.40. The number of hydrogen-bond donors (Lipinski definition) is 2. The van der Waals surface area contributed by atoms with Crippen LogP contribution in [0.2, 0.25) is 15.1 Å². The van der Waals surface area contributed by atoms with Gasteiger partial charge in [0.25, 0.3) is 0 Å². The van der Waals surface area contributed by atoms with Gasteiger partial charge in [0.1, 0.15) is 16.8 Å². The predicted molar refractivity (Wildman–Crippen MR) is 134 cm³/mol. The highest BCUT2D eigenvalue weighted by Gasteiger charge is 2.62. The number of nitrogens with zero attached hydrogens (tertiary/aromatic N) is 1. The summed E-state index contributed by atoms with van der Waals surface area (Å²) < 4.78 is 5.38. The lowest BCUT2D eigenvalue weighted by Gasteiger charge is -2.44. The third kappa shape index (κ3) is 3.37. The van der Waals surface area contributed by atoms with Gasteiger partial charge in [0.15, 0.2) is 5.78 Å². The van der Waals surface area contributed by atoms with E-state index in [0.717, 1.165) is 0 Å². The molecule has 2 aromatic carbocycles. The number of halogens is 3. The fourth-order valence-corrected chi connectivity index (χ4v) is 5.76. The van der Waals surface area contributed by atoms with Crippen LogP contribution in [0.1, 0.15) is 31.7 Å². The van der Waals surface area contributed by atoms with Gasteiger partial charge in [-0.25, -0.2) is 4.79 Å². The van der Waals surface area contributed by atoms with Crippen LogP contribution in [0.4, 0.5) is 11.4 Å². The SMILES string of the molecule is CCOC(=O)C1=C(N)N(c2cc(Cl)ccc2Cl)C2=C(C(=O)CCC2)C12C(=O)Nc1ccc(Cl)cc12. The van der Waals surface area contributed by atoms with E-state index in [9.17, 15) is 14.4 Å². The summed E-state index contributed by atoms with van der Waals surface area (Å²) in [5.74, 6) is -1.72. The van der Waals surface area contributed by atoms with Crippen LogP contribution in [0.5, 0.6) is 0 Å². The molecule has 0 aromatic heterocycles. The van der Waals surface area contributed by atoms with Gasteiger partial charge in [0.05, 0.1) is 17.3 Å². The maximum Gasteiger partial charge on any atom is 0.339 e. The monoisotopic (exact) mass is 531 g/mol. The van der Waals surface area contributed by atoms with Crippen LogP contribution in [0.15, 0.2) is 59.1 Å². The molecule has 1 aliphatic carbocycles. The Morgan fingerprint density at radius 3 is 2.57 bits per heavy atom. The van der Waals surface area contributed by atoms with Crippen molar-refractivity contribution in [3.05, 3.63) is 79.7 Å². The molecule has 180 valence electrons. The molecule has 2 aliphatic heterocycles. The number of carbonyl (C=O) groups excluding carboxylic acids is 3. The number of ketones is 1. The fraction of sp³-hybridized carbons (Fsp3) is 0.240. The number of Topliss-reactive ketones (excluding diaryl/α,β-unsaturated/α-hetero) is 1. The largest absolute Gasteiger partial charge is 0.462 e. The first-order valence-electron chi connectivity index (χ1n) is 11.0. The highest BCUT2D eigenvalue weighted by Crippen LogP contribution is 2.56. The maximum absolute atomic E-state index is 13.8. The van der Waals surface area contributed by atoms with Crippen molar-refractivity contribution in [1.29, 1.82) is 0 Å². The summed E-state index contributed by atoms with van der Waals surface area (Å²) in [6, 6.07) is 9.65.